The molecule has 0 unspecified atom stereocenters. The Morgan fingerprint density at radius 3 is 2.61 bits per heavy atom. The molecule has 5 nitrogen and oxygen atoms in total. The van der Waals surface area contributed by atoms with Crippen molar-refractivity contribution in [2.24, 2.45) is 11.8 Å². The van der Waals surface area contributed by atoms with Crippen molar-refractivity contribution in [3.8, 4) is 0 Å². The summed E-state index contributed by atoms with van der Waals surface area (Å²) in [7, 11) is 0. The summed E-state index contributed by atoms with van der Waals surface area (Å²) in [5.74, 6) is -1.05. The van der Waals surface area contributed by atoms with Crippen molar-refractivity contribution in [2.45, 2.75) is 32.9 Å². The van der Waals surface area contributed by atoms with E-state index in [0.717, 1.165) is 10.7 Å². The standard InChI is InChI=1S/C12H17NO4S/c1-4-18-10-5(2)8-7(6(3)14)11(15)13(8)9(10)12(16)17/h5-8,14H,4H2,1-3H3,(H,16,17)/t5-,6-,7-,8-/m1/s1. The van der Waals surface area contributed by atoms with Crippen LogP contribution in [-0.4, -0.2) is 44.9 Å². The zero-order chi connectivity index (χ0) is 13.6. The molecule has 4 atom stereocenters. The number of fused-ring (bicyclic) bond motifs is 1. The molecule has 2 N–H and O–H groups in total. The summed E-state index contributed by atoms with van der Waals surface area (Å²) in [6, 6.07) is -0.197. The average Bonchev–Trinajstić information content (AvgIpc) is 2.50. The van der Waals surface area contributed by atoms with Gasteiger partial charge in [-0.3, -0.25) is 4.79 Å². The summed E-state index contributed by atoms with van der Waals surface area (Å²) >= 11 is 1.47. The second kappa shape index (κ2) is 4.59. The molecule has 2 rings (SSSR count). The zero-order valence-corrected chi connectivity index (χ0v) is 11.4. The number of rotatable bonds is 4. The third-order valence-corrected chi connectivity index (χ3v) is 4.78. The van der Waals surface area contributed by atoms with Crippen LogP contribution in [0.1, 0.15) is 20.8 Å². The summed E-state index contributed by atoms with van der Waals surface area (Å²) in [6.07, 6.45) is -0.734. The van der Waals surface area contributed by atoms with Crippen molar-refractivity contribution in [3.05, 3.63) is 10.6 Å². The van der Waals surface area contributed by atoms with E-state index in [2.05, 4.69) is 0 Å². The monoisotopic (exact) mass is 271 g/mol. The molecule has 0 spiro atoms. The van der Waals surface area contributed by atoms with E-state index in [9.17, 15) is 19.8 Å². The molecule has 2 aliphatic rings. The van der Waals surface area contributed by atoms with Crippen molar-refractivity contribution in [1.82, 2.24) is 4.90 Å². The minimum atomic E-state index is -1.06. The van der Waals surface area contributed by atoms with Crippen LogP contribution < -0.4 is 0 Å². The van der Waals surface area contributed by atoms with E-state index >= 15 is 0 Å². The van der Waals surface area contributed by atoms with Crippen LogP contribution in [0.25, 0.3) is 0 Å². The Labute approximate surface area is 110 Å². The summed E-state index contributed by atoms with van der Waals surface area (Å²) in [5, 5.41) is 18.9. The van der Waals surface area contributed by atoms with Crippen molar-refractivity contribution in [3.63, 3.8) is 0 Å². The second-order valence-electron chi connectivity index (χ2n) is 4.70. The number of β-lactam (4-membered cyclic amide) rings is 1. The van der Waals surface area contributed by atoms with Gasteiger partial charge in [-0.2, -0.15) is 0 Å². The lowest BCUT2D eigenvalue weighted by Crippen LogP contribution is -2.63. The Morgan fingerprint density at radius 1 is 1.56 bits per heavy atom. The first kappa shape index (κ1) is 13.4. The highest BCUT2D eigenvalue weighted by atomic mass is 32.2. The molecule has 0 bridgehead atoms. The number of carboxylic acid groups (broad SMARTS) is 1. The van der Waals surface area contributed by atoms with Crippen LogP contribution in [0.2, 0.25) is 0 Å². The van der Waals surface area contributed by atoms with Crippen LogP contribution in [0.3, 0.4) is 0 Å². The van der Waals surface area contributed by atoms with E-state index in [-0.39, 0.29) is 23.6 Å². The molecular weight excluding hydrogens is 254 g/mol. The highest BCUT2D eigenvalue weighted by Crippen LogP contribution is 2.50. The topological polar surface area (TPSA) is 77.8 Å². The summed E-state index contributed by atoms with van der Waals surface area (Å²) in [4.78, 5) is 25.4. The van der Waals surface area contributed by atoms with Gasteiger partial charge in [-0.25, -0.2) is 4.79 Å². The molecule has 100 valence electrons. The first-order chi connectivity index (χ1) is 8.41. The third-order valence-electron chi connectivity index (χ3n) is 3.61. The second-order valence-corrected chi connectivity index (χ2v) is 6.01. The normalized spacial score (nSPS) is 32.3. The fraction of sp³-hybridized carbons (Fsp3) is 0.667. The number of carbonyl (C=O) groups is 2. The average molecular weight is 271 g/mol. The van der Waals surface area contributed by atoms with Crippen LogP contribution in [-0.2, 0) is 9.59 Å². The maximum Gasteiger partial charge on any atom is 0.353 e. The van der Waals surface area contributed by atoms with Gasteiger partial charge in [0.25, 0.3) is 0 Å². The number of thioether (sulfide) groups is 1. The summed E-state index contributed by atoms with van der Waals surface area (Å²) < 4.78 is 0. The number of hydrogen-bond acceptors (Lipinski definition) is 4. The van der Waals surface area contributed by atoms with Gasteiger partial charge in [0.05, 0.1) is 18.1 Å². The quantitative estimate of drug-likeness (QED) is 0.743. The number of hydrogen-bond donors (Lipinski definition) is 2. The van der Waals surface area contributed by atoms with Gasteiger partial charge >= 0.3 is 5.97 Å². The molecule has 0 aromatic heterocycles. The van der Waals surface area contributed by atoms with E-state index in [4.69, 9.17) is 0 Å². The van der Waals surface area contributed by atoms with Crippen LogP contribution in [0.5, 0.6) is 0 Å². The largest absolute Gasteiger partial charge is 0.477 e. The number of carboxylic acids is 1. The fourth-order valence-electron chi connectivity index (χ4n) is 2.87. The minimum absolute atomic E-state index is 0.0154. The predicted molar refractivity (Wildman–Crippen MR) is 67.8 cm³/mol. The maximum absolute atomic E-state index is 12.0. The van der Waals surface area contributed by atoms with Crippen molar-refractivity contribution >= 4 is 23.6 Å². The predicted octanol–water partition coefficient (Wildman–Crippen LogP) is 0.893. The van der Waals surface area contributed by atoms with Gasteiger partial charge in [0.15, 0.2) is 0 Å². The van der Waals surface area contributed by atoms with Crippen molar-refractivity contribution in [2.75, 3.05) is 5.75 Å². The Morgan fingerprint density at radius 2 is 2.17 bits per heavy atom. The van der Waals surface area contributed by atoms with Gasteiger partial charge in [-0.05, 0) is 12.7 Å². The van der Waals surface area contributed by atoms with Gasteiger partial charge in [0, 0.05) is 10.8 Å². The molecule has 0 aromatic carbocycles. The smallest absolute Gasteiger partial charge is 0.353 e. The van der Waals surface area contributed by atoms with E-state index in [1.165, 1.54) is 16.7 Å². The number of amides is 1. The van der Waals surface area contributed by atoms with Gasteiger partial charge in [-0.1, -0.05) is 13.8 Å². The number of carbonyl (C=O) groups excluding carboxylic acids is 1. The SMILES string of the molecule is CCSC1=C(C(=O)O)N2C(=O)[C@H]([C@@H](C)O)[C@H]2[C@H]1C. The van der Waals surface area contributed by atoms with Gasteiger partial charge in [-0.15, -0.1) is 11.8 Å². The van der Waals surface area contributed by atoms with Crippen LogP contribution >= 0.6 is 11.8 Å². The van der Waals surface area contributed by atoms with Crippen molar-refractivity contribution < 1.29 is 19.8 Å². The Balaban J connectivity index is 2.37. The van der Waals surface area contributed by atoms with E-state index in [0.29, 0.717) is 0 Å². The van der Waals surface area contributed by atoms with Gasteiger partial charge in [0.1, 0.15) is 5.70 Å². The van der Waals surface area contributed by atoms with E-state index in [1.807, 2.05) is 13.8 Å². The maximum atomic E-state index is 12.0. The molecule has 0 aliphatic carbocycles. The fourth-order valence-corrected chi connectivity index (χ4v) is 3.91. The van der Waals surface area contributed by atoms with Crippen LogP contribution in [0, 0.1) is 11.8 Å². The van der Waals surface area contributed by atoms with E-state index in [1.54, 1.807) is 6.92 Å². The summed E-state index contributed by atoms with van der Waals surface area (Å²) in [6.45, 7) is 5.46. The molecular formula is C12H17NO4S. The molecule has 0 saturated carbocycles. The number of nitrogens with zero attached hydrogens (tertiary/aromatic N) is 1. The number of aliphatic hydroxyl groups excluding tert-OH is 1. The Hall–Kier alpha value is -1.01. The molecule has 2 aliphatic heterocycles. The number of aliphatic hydroxyl groups is 1. The lowest BCUT2D eigenvalue weighted by atomic mass is 9.79. The molecule has 6 heteroatoms. The zero-order valence-electron chi connectivity index (χ0n) is 10.6. The highest BCUT2D eigenvalue weighted by Gasteiger charge is 2.59. The molecule has 0 radical (unpaired) electrons. The lowest BCUT2D eigenvalue weighted by Gasteiger charge is -2.46. The van der Waals surface area contributed by atoms with Gasteiger partial charge < -0.3 is 15.1 Å². The van der Waals surface area contributed by atoms with Crippen LogP contribution in [0.4, 0.5) is 0 Å². The lowest BCUT2D eigenvalue weighted by molar-refractivity contribution is -0.163. The molecule has 1 saturated heterocycles. The third kappa shape index (κ3) is 1.66. The Kier molecular flexibility index (Phi) is 3.42. The number of aliphatic carboxylic acids is 1. The summed E-state index contributed by atoms with van der Waals surface area (Å²) in [5.41, 5.74) is 0.112. The van der Waals surface area contributed by atoms with E-state index < -0.39 is 18.0 Å². The van der Waals surface area contributed by atoms with Crippen LogP contribution in [0.15, 0.2) is 10.6 Å². The highest BCUT2D eigenvalue weighted by molar-refractivity contribution is 8.03. The Bertz CT molecular complexity index is 432. The van der Waals surface area contributed by atoms with Crippen molar-refractivity contribution in [1.29, 1.82) is 0 Å². The molecule has 18 heavy (non-hydrogen) atoms. The minimum Gasteiger partial charge on any atom is -0.477 e. The molecule has 0 aromatic rings. The first-order valence-corrected chi connectivity index (χ1v) is 7.01. The van der Waals surface area contributed by atoms with Gasteiger partial charge in [0.2, 0.25) is 5.91 Å². The molecule has 1 fully saturated rings. The molecule has 1 amide bonds. The molecule has 2 heterocycles. The first-order valence-electron chi connectivity index (χ1n) is 6.03.